The highest BCUT2D eigenvalue weighted by molar-refractivity contribution is 6.02. The van der Waals surface area contributed by atoms with Crippen LogP contribution in [0.25, 0.3) is 10.9 Å². The van der Waals surface area contributed by atoms with Gasteiger partial charge >= 0.3 is 0 Å². The van der Waals surface area contributed by atoms with E-state index in [0.29, 0.717) is 16.6 Å². The number of carbonyl (C=O) groups excluding carboxylic acids is 2. The van der Waals surface area contributed by atoms with Crippen molar-refractivity contribution in [3.63, 3.8) is 0 Å². The Kier molecular flexibility index (Phi) is 3.72. The lowest BCUT2D eigenvalue weighted by molar-refractivity contribution is -0.384. The van der Waals surface area contributed by atoms with Crippen molar-refractivity contribution in [2.24, 2.45) is 0 Å². The minimum absolute atomic E-state index is 0.0177. The van der Waals surface area contributed by atoms with Gasteiger partial charge in [-0.1, -0.05) is 30.3 Å². The van der Waals surface area contributed by atoms with Gasteiger partial charge in [0.25, 0.3) is 5.69 Å². The van der Waals surface area contributed by atoms with Gasteiger partial charge in [0, 0.05) is 29.3 Å². The van der Waals surface area contributed by atoms with Crippen LogP contribution in [0.15, 0.2) is 54.7 Å². The summed E-state index contributed by atoms with van der Waals surface area (Å²) < 4.78 is 1.44. The first kappa shape index (κ1) is 14.6. The van der Waals surface area contributed by atoms with Crippen molar-refractivity contribution in [2.75, 3.05) is 0 Å². The number of carbonyl (C=O) groups is 2. The second-order valence-corrected chi connectivity index (χ2v) is 5.08. The summed E-state index contributed by atoms with van der Waals surface area (Å²) in [6, 6.07) is 13.0. The number of hydrogen-bond acceptors (Lipinski definition) is 4. The highest BCUT2D eigenvalue weighted by Crippen LogP contribution is 2.21. The van der Waals surface area contributed by atoms with E-state index in [-0.39, 0.29) is 18.0 Å². The van der Waals surface area contributed by atoms with E-state index in [1.165, 1.54) is 22.9 Å². The molecule has 23 heavy (non-hydrogen) atoms. The molecule has 0 aliphatic rings. The Labute approximate surface area is 131 Å². The van der Waals surface area contributed by atoms with Crippen molar-refractivity contribution in [2.45, 2.75) is 6.42 Å². The predicted octanol–water partition coefficient (Wildman–Crippen LogP) is 3.24. The first-order valence-electron chi connectivity index (χ1n) is 6.92. The molecule has 114 valence electrons. The molecular weight excluding hydrogens is 296 g/mol. The lowest BCUT2D eigenvalue weighted by atomic mass is 10.1. The molecule has 1 heterocycles. The van der Waals surface area contributed by atoms with Gasteiger partial charge in [0.05, 0.1) is 16.9 Å². The van der Waals surface area contributed by atoms with E-state index in [9.17, 15) is 19.7 Å². The number of nitrogens with zero attached hydrogens (tertiary/aromatic N) is 2. The fraction of sp³-hybridized carbons (Fsp3) is 0.0588. The highest BCUT2D eigenvalue weighted by atomic mass is 16.6. The lowest BCUT2D eigenvalue weighted by Crippen LogP contribution is -2.12. The summed E-state index contributed by atoms with van der Waals surface area (Å²) in [5.41, 5.74) is 1.78. The van der Waals surface area contributed by atoms with Gasteiger partial charge in [0.2, 0.25) is 5.91 Å². The molecule has 0 saturated heterocycles. The number of fused-ring (bicyclic) bond motifs is 1. The number of nitro groups is 1. The number of benzene rings is 2. The Hall–Kier alpha value is -3.28. The Bertz CT molecular complexity index is 910. The van der Waals surface area contributed by atoms with Crippen molar-refractivity contribution in [1.29, 1.82) is 0 Å². The molecule has 0 bridgehead atoms. The van der Waals surface area contributed by atoms with Gasteiger partial charge in [-0.3, -0.25) is 24.3 Å². The van der Waals surface area contributed by atoms with E-state index in [2.05, 4.69) is 0 Å². The summed E-state index contributed by atoms with van der Waals surface area (Å²) in [5.74, 6) is -0.205. The number of hydrogen-bond donors (Lipinski definition) is 0. The van der Waals surface area contributed by atoms with Crippen molar-refractivity contribution in [1.82, 2.24) is 4.57 Å². The van der Waals surface area contributed by atoms with E-state index >= 15 is 0 Å². The summed E-state index contributed by atoms with van der Waals surface area (Å²) in [7, 11) is 0. The SMILES string of the molecule is O=Cc1cn(C(=O)Cc2ccc([N+](=O)[O-])cc2)c2ccccc12. The summed E-state index contributed by atoms with van der Waals surface area (Å²) in [5, 5.41) is 11.4. The average Bonchev–Trinajstić information content (AvgIpc) is 2.94. The van der Waals surface area contributed by atoms with Crippen LogP contribution in [0.2, 0.25) is 0 Å². The Morgan fingerprint density at radius 2 is 1.83 bits per heavy atom. The maximum absolute atomic E-state index is 12.5. The molecule has 0 aliphatic carbocycles. The van der Waals surface area contributed by atoms with Crippen molar-refractivity contribution < 1.29 is 14.5 Å². The maximum Gasteiger partial charge on any atom is 0.269 e. The summed E-state index contributed by atoms with van der Waals surface area (Å²) in [6.07, 6.45) is 2.33. The van der Waals surface area contributed by atoms with E-state index in [0.717, 1.165) is 11.7 Å². The van der Waals surface area contributed by atoms with Crippen LogP contribution >= 0.6 is 0 Å². The standard InChI is InChI=1S/C17H12N2O4/c20-11-13-10-18(16-4-2-1-3-15(13)16)17(21)9-12-5-7-14(8-6-12)19(22)23/h1-8,10-11H,9H2. The first-order valence-corrected chi connectivity index (χ1v) is 6.92. The topological polar surface area (TPSA) is 82.2 Å². The summed E-state index contributed by atoms with van der Waals surface area (Å²) >= 11 is 0. The fourth-order valence-corrected chi connectivity index (χ4v) is 2.50. The number of para-hydroxylation sites is 1. The van der Waals surface area contributed by atoms with Crippen LogP contribution in [0.4, 0.5) is 5.69 Å². The Balaban J connectivity index is 1.92. The van der Waals surface area contributed by atoms with Gasteiger partial charge in [-0.15, -0.1) is 0 Å². The maximum atomic E-state index is 12.5. The van der Waals surface area contributed by atoms with Crippen molar-refractivity contribution >= 4 is 28.8 Å². The molecular formula is C17H12N2O4. The first-order chi connectivity index (χ1) is 11.1. The molecule has 2 aromatic carbocycles. The molecule has 1 aromatic heterocycles. The van der Waals surface area contributed by atoms with Gasteiger partial charge in [0.1, 0.15) is 0 Å². The largest absolute Gasteiger partial charge is 0.298 e. The third-order valence-corrected chi connectivity index (χ3v) is 3.64. The molecule has 0 fully saturated rings. The van der Waals surface area contributed by atoms with Crippen LogP contribution < -0.4 is 0 Å². The molecule has 3 aromatic rings. The van der Waals surface area contributed by atoms with Gasteiger partial charge < -0.3 is 0 Å². The second-order valence-electron chi connectivity index (χ2n) is 5.08. The minimum Gasteiger partial charge on any atom is -0.298 e. The molecule has 0 N–H and O–H groups in total. The average molecular weight is 308 g/mol. The van der Waals surface area contributed by atoms with Crippen LogP contribution in [-0.4, -0.2) is 21.7 Å². The van der Waals surface area contributed by atoms with Crippen molar-refractivity contribution in [3.05, 3.63) is 76.0 Å². The number of rotatable bonds is 4. The highest BCUT2D eigenvalue weighted by Gasteiger charge is 2.14. The van der Waals surface area contributed by atoms with E-state index in [4.69, 9.17) is 0 Å². The van der Waals surface area contributed by atoms with Gasteiger partial charge in [0.15, 0.2) is 6.29 Å². The summed E-state index contributed by atoms with van der Waals surface area (Å²) in [4.78, 5) is 33.8. The van der Waals surface area contributed by atoms with Gasteiger partial charge in [-0.2, -0.15) is 0 Å². The van der Waals surface area contributed by atoms with Crippen LogP contribution in [0.5, 0.6) is 0 Å². The molecule has 6 nitrogen and oxygen atoms in total. The van der Waals surface area contributed by atoms with E-state index < -0.39 is 4.92 Å². The minimum atomic E-state index is -0.485. The lowest BCUT2D eigenvalue weighted by Gasteiger charge is -2.04. The molecule has 0 saturated carbocycles. The zero-order valence-electron chi connectivity index (χ0n) is 12.0. The van der Waals surface area contributed by atoms with Gasteiger partial charge in [-0.05, 0) is 11.6 Å². The predicted molar refractivity (Wildman–Crippen MR) is 84.8 cm³/mol. The van der Waals surface area contributed by atoms with Gasteiger partial charge in [-0.25, -0.2) is 0 Å². The normalized spacial score (nSPS) is 10.6. The molecule has 0 spiro atoms. The Morgan fingerprint density at radius 1 is 1.13 bits per heavy atom. The van der Waals surface area contributed by atoms with E-state index in [1.807, 2.05) is 0 Å². The van der Waals surface area contributed by atoms with Crippen LogP contribution in [-0.2, 0) is 6.42 Å². The van der Waals surface area contributed by atoms with E-state index in [1.54, 1.807) is 36.4 Å². The molecule has 6 heteroatoms. The van der Waals surface area contributed by atoms with Crippen LogP contribution in [0.1, 0.15) is 20.7 Å². The molecule has 0 radical (unpaired) electrons. The number of non-ortho nitro benzene ring substituents is 1. The zero-order valence-corrected chi connectivity index (χ0v) is 12.0. The monoisotopic (exact) mass is 308 g/mol. The zero-order chi connectivity index (χ0) is 16.4. The second kappa shape index (κ2) is 5.84. The Morgan fingerprint density at radius 3 is 2.48 bits per heavy atom. The third kappa shape index (κ3) is 2.74. The molecule has 0 amide bonds. The fourth-order valence-electron chi connectivity index (χ4n) is 2.50. The number of aldehydes is 1. The quantitative estimate of drug-likeness (QED) is 0.421. The van der Waals surface area contributed by atoms with Crippen LogP contribution in [0, 0.1) is 10.1 Å². The molecule has 0 unspecified atom stereocenters. The van der Waals surface area contributed by atoms with Crippen molar-refractivity contribution in [3.8, 4) is 0 Å². The molecule has 0 aliphatic heterocycles. The number of nitro benzene ring substituents is 1. The molecule has 3 rings (SSSR count). The smallest absolute Gasteiger partial charge is 0.269 e. The third-order valence-electron chi connectivity index (χ3n) is 3.64. The number of aromatic nitrogens is 1. The summed E-state index contributed by atoms with van der Waals surface area (Å²) in [6.45, 7) is 0. The van der Waals surface area contributed by atoms with Crippen LogP contribution in [0.3, 0.4) is 0 Å². The molecule has 0 atom stereocenters.